The van der Waals surface area contributed by atoms with Crippen LogP contribution in [0.4, 0.5) is 13.2 Å². The van der Waals surface area contributed by atoms with Gasteiger partial charge < -0.3 is 4.74 Å². The standard InChI is InChI=1S/C11H17F3N2O/c1-5-9-6-16(8(4)11(12,13)14)15-10(9)17-7(2)3/h6-8H,5H2,1-4H3. The topological polar surface area (TPSA) is 27.1 Å². The fourth-order valence-corrected chi connectivity index (χ4v) is 1.33. The lowest BCUT2D eigenvalue weighted by Gasteiger charge is -2.15. The smallest absolute Gasteiger partial charge is 0.410 e. The summed E-state index contributed by atoms with van der Waals surface area (Å²) in [7, 11) is 0. The average Bonchev–Trinajstić information content (AvgIpc) is 2.57. The highest BCUT2D eigenvalue weighted by atomic mass is 19.4. The second-order valence-corrected chi connectivity index (χ2v) is 4.18. The first-order valence-electron chi connectivity index (χ1n) is 5.57. The van der Waals surface area contributed by atoms with Gasteiger partial charge in [0, 0.05) is 11.8 Å². The average molecular weight is 250 g/mol. The predicted molar refractivity (Wildman–Crippen MR) is 58.1 cm³/mol. The minimum atomic E-state index is -4.30. The number of ether oxygens (including phenoxy) is 1. The Morgan fingerprint density at radius 3 is 2.35 bits per heavy atom. The Bertz CT molecular complexity index is 371. The molecule has 98 valence electrons. The fourth-order valence-electron chi connectivity index (χ4n) is 1.33. The van der Waals surface area contributed by atoms with Gasteiger partial charge in [0.1, 0.15) is 6.04 Å². The van der Waals surface area contributed by atoms with Gasteiger partial charge in [-0.15, -0.1) is 5.10 Å². The molecule has 0 aliphatic rings. The van der Waals surface area contributed by atoms with Crippen LogP contribution in [0.1, 0.15) is 39.3 Å². The lowest BCUT2D eigenvalue weighted by molar-refractivity contribution is -0.165. The Kier molecular flexibility index (Phi) is 4.06. The highest BCUT2D eigenvalue weighted by molar-refractivity contribution is 5.23. The van der Waals surface area contributed by atoms with Crippen molar-refractivity contribution in [2.24, 2.45) is 0 Å². The molecule has 0 bridgehead atoms. The number of rotatable bonds is 4. The summed E-state index contributed by atoms with van der Waals surface area (Å²) in [5.41, 5.74) is 0.690. The maximum Gasteiger partial charge on any atom is 0.410 e. The van der Waals surface area contributed by atoms with Gasteiger partial charge in [0.2, 0.25) is 5.88 Å². The zero-order valence-corrected chi connectivity index (χ0v) is 10.4. The van der Waals surface area contributed by atoms with Gasteiger partial charge in [0.25, 0.3) is 0 Å². The highest BCUT2D eigenvalue weighted by Gasteiger charge is 2.38. The second-order valence-electron chi connectivity index (χ2n) is 4.18. The third-order valence-electron chi connectivity index (χ3n) is 2.37. The third kappa shape index (κ3) is 3.38. The van der Waals surface area contributed by atoms with Crippen molar-refractivity contribution in [2.45, 2.75) is 52.4 Å². The van der Waals surface area contributed by atoms with Crippen molar-refractivity contribution in [3.63, 3.8) is 0 Å². The van der Waals surface area contributed by atoms with Crippen LogP contribution in [0.25, 0.3) is 0 Å². The van der Waals surface area contributed by atoms with Crippen LogP contribution in [-0.2, 0) is 6.42 Å². The van der Waals surface area contributed by atoms with Crippen LogP contribution in [0.15, 0.2) is 6.20 Å². The Hall–Kier alpha value is -1.20. The Labute approximate surface area is 98.6 Å². The molecular weight excluding hydrogens is 233 g/mol. The van der Waals surface area contributed by atoms with Gasteiger partial charge in [0.05, 0.1) is 6.10 Å². The van der Waals surface area contributed by atoms with Gasteiger partial charge in [-0.3, -0.25) is 4.68 Å². The van der Waals surface area contributed by atoms with Crippen molar-refractivity contribution in [1.82, 2.24) is 9.78 Å². The minimum absolute atomic E-state index is 0.107. The molecular formula is C11H17F3N2O. The monoisotopic (exact) mass is 250 g/mol. The Morgan fingerprint density at radius 2 is 1.94 bits per heavy atom. The summed E-state index contributed by atoms with van der Waals surface area (Å²) in [6.45, 7) is 6.55. The molecule has 0 N–H and O–H groups in total. The first kappa shape index (κ1) is 13.9. The maximum absolute atomic E-state index is 12.5. The Balaban J connectivity index is 3.00. The van der Waals surface area contributed by atoms with Gasteiger partial charge in [-0.25, -0.2) is 0 Å². The molecule has 0 saturated heterocycles. The molecule has 0 aliphatic heterocycles. The molecule has 0 aromatic carbocycles. The van der Waals surface area contributed by atoms with E-state index in [9.17, 15) is 13.2 Å². The van der Waals surface area contributed by atoms with Crippen molar-refractivity contribution < 1.29 is 17.9 Å². The van der Waals surface area contributed by atoms with E-state index in [0.717, 1.165) is 11.6 Å². The molecule has 0 radical (unpaired) electrons. The number of hydrogen-bond donors (Lipinski definition) is 0. The number of hydrogen-bond acceptors (Lipinski definition) is 2. The summed E-state index contributed by atoms with van der Waals surface area (Å²) in [6.07, 6.45) is -2.42. The van der Waals surface area contributed by atoms with Gasteiger partial charge in [-0.1, -0.05) is 6.92 Å². The van der Waals surface area contributed by atoms with Crippen LogP contribution in [0.5, 0.6) is 5.88 Å². The van der Waals surface area contributed by atoms with Crippen molar-refractivity contribution >= 4 is 0 Å². The molecule has 3 nitrogen and oxygen atoms in total. The van der Waals surface area contributed by atoms with Gasteiger partial charge in [-0.05, 0) is 27.2 Å². The molecule has 17 heavy (non-hydrogen) atoms. The molecule has 0 spiro atoms. The van der Waals surface area contributed by atoms with E-state index in [-0.39, 0.29) is 6.10 Å². The zero-order chi connectivity index (χ0) is 13.2. The summed E-state index contributed by atoms with van der Waals surface area (Å²) >= 11 is 0. The maximum atomic E-state index is 12.5. The molecule has 1 unspecified atom stereocenters. The molecule has 0 aliphatic carbocycles. The van der Waals surface area contributed by atoms with E-state index >= 15 is 0 Å². The summed E-state index contributed by atoms with van der Waals surface area (Å²) in [5, 5.41) is 3.86. The van der Waals surface area contributed by atoms with E-state index in [1.807, 2.05) is 20.8 Å². The second kappa shape index (κ2) is 4.98. The summed E-state index contributed by atoms with van der Waals surface area (Å²) in [5.74, 6) is 0.290. The molecule has 1 atom stereocenters. The lowest BCUT2D eigenvalue weighted by Crippen LogP contribution is -2.24. The van der Waals surface area contributed by atoms with Gasteiger partial charge in [-0.2, -0.15) is 13.2 Å². The first-order valence-corrected chi connectivity index (χ1v) is 5.57. The normalized spacial score (nSPS) is 14.1. The number of halogens is 3. The van der Waals surface area contributed by atoms with Crippen LogP contribution < -0.4 is 4.74 Å². The van der Waals surface area contributed by atoms with Crippen molar-refractivity contribution in [2.75, 3.05) is 0 Å². The molecule has 1 heterocycles. The number of aryl methyl sites for hydroxylation is 1. The zero-order valence-electron chi connectivity index (χ0n) is 10.4. The van der Waals surface area contributed by atoms with Crippen LogP contribution >= 0.6 is 0 Å². The molecule has 1 aromatic rings. The van der Waals surface area contributed by atoms with Crippen LogP contribution in [-0.4, -0.2) is 22.1 Å². The van der Waals surface area contributed by atoms with Gasteiger partial charge in [0.15, 0.2) is 0 Å². The summed E-state index contributed by atoms with van der Waals surface area (Å²) < 4.78 is 43.9. The first-order chi connectivity index (χ1) is 7.75. The van der Waals surface area contributed by atoms with E-state index in [1.54, 1.807) is 0 Å². The molecule has 1 aromatic heterocycles. The van der Waals surface area contributed by atoms with Gasteiger partial charge >= 0.3 is 6.18 Å². The van der Waals surface area contributed by atoms with Crippen LogP contribution in [0, 0.1) is 0 Å². The molecule has 6 heteroatoms. The predicted octanol–water partition coefficient (Wildman–Crippen LogP) is 3.36. The highest BCUT2D eigenvalue weighted by Crippen LogP contribution is 2.31. The minimum Gasteiger partial charge on any atom is -0.474 e. The molecule has 0 saturated carbocycles. The van der Waals surface area contributed by atoms with Crippen LogP contribution in [0.2, 0.25) is 0 Å². The number of nitrogens with zero attached hydrogens (tertiary/aromatic N) is 2. The molecule has 0 amide bonds. The summed E-state index contributed by atoms with van der Waals surface area (Å²) in [6, 6.07) is -1.64. The van der Waals surface area contributed by atoms with Crippen molar-refractivity contribution in [1.29, 1.82) is 0 Å². The SMILES string of the molecule is CCc1cn(C(C)C(F)(F)F)nc1OC(C)C. The van der Waals surface area contributed by atoms with E-state index in [2.05, 4.69) is 5.10 Å². The van der Waals surface area contributed by atoms with E-state index in [0.29, 0.717) is 17.9 Å². The largest absolute Gasteiger partial charge is 0.474 e. The number of alkyl halides is 3. The quantitative estimate of drug-likeness (QED) is 0.819. The Morgan fingerprint density at radius 1 is 1.35 bits per heavy atom. The summed E-state index contributed by atoms with van der Waals surface area (Å²) in [4.78, 5) is 0. The van der Waals surface area contributed by atoms with Crippen molar-refractivity contribution in [3.8, 4) is 5.88 Å². The fraction of sp³-hybridized carbons (Fsp3) is 0.727. The van der Waals surface area contributed by atoms with Crippen LogP contribution in [0.3, 0.4) is 0 Å². The molecule has 1 rings (SSSR count). The van der Waals surface area contributed by atoms with E-state index in [4.69, 9.17) is 4.74 Å². The van der Waals surface area contributed by atoms with E-state index < -0.39 is 12.2 Å². The number of aromatic nitrogens is 2. The third-order valence-corrected chi connectivity index (χ3v) is 2.37. The van der Waals surface area contributed by atoms with Crippen molar-refractivity contribution in [3.05, 3.63) is 11.8 Å². The lowest BCUT2D eigenvalue weighted by atomic mass is 10.2. The van der Waals surface area contributed by atoms with E-state index in [1.165, 1.54) is 6.20 Å². The molecule has 0 fully saturated rings.